The molecule has 176 valence electrons. The van der Waals surface area contributed by atoms with Gasteiger partial charge in [0.2, 0.25) is 10.0 Å². The summed E-state index contributed by atoms with van der Waals surface area (Å²) in [4.78, 5) is 9.65. The van der Waals surface area contributed by atoms with Gasteiger partial charge in [-0.25, -0.2) is 18.1 Å². The second kappa shape index (κ2) is 12.3. The number of hydrogen-bond donors (Lipinski definition) is 2. The van der Waals surface area contributed by atoms with Gasteiger partial charge in [0.1, 0.15) is 5.75 Å². The normalized spacial score (nSPS) is 14.7. The predicted molar refractivity (Wildman–Crippen MR) is 140 cm³/mol. The molecule has 1 aliphatic heterocycles. The number of aliphatic imine (C=N–C) groups is 1. The number of nitrogens with one attached hydrogen (secondary N) is 2. The summed E-state index contributed by atoms with van der Waals surface area (Å²) in [7, 11) is -0.340. The van der Waals surface area contributed by atoms with E-state index in [9.17, 15) is 8.42 Å². The molecule has 2 N–H and O–H groups in total. The molecule has 0 bridgehead atoms. The Bertz CT molecular complexity index is 974. The van der Waals surface area contributed by atoms with Crippen molar-refractivity contribution >= 4 is 45.6 Å². The number of sulfonamides is 1. The third-order valence-corrected chi connectivity index (χ3v) is 6.70. The topological polar surface area (TPSA) is 86.3 Å². The van der Waals surface area contributed by atoms with Crippen molar-refractivity contribution in [1.29, 1.82) is 0 Å². The van der Waals surface area contributed by atoms with Gasteiger partial charge < -0.3 is 19.9 Å². The number of ether oxygens (including phenoxy) is 1. The van der Waals surface area contributed by atoms with Gasteiger partial charge in [0.05, 0.1) is 18.6 Å². The molecule has 0 unspecified atom stereocenters. The Balaban J connectivity index is 0.00000363. The fourth-order valence-corrected chi connectivity index (χ4v) is 4.18. The van der Waals surface area contributed by atoms with Gasteiger partial charge >= 0.3 is 0 Å². The Hall–Kier alpha value is -2.05. The van der Waals surface area contributed by atoms with E-state index < -0.39 is 10.0 Å². The second-order valence-corrected chi connectivity index (χ2v) is 9.08. The molecule has 0 aromatic heterocycles. The minimum atomic E-state index is -3.42. The summed E-state index contributed by atoms with van der Waals surface area (Å²) in [5, 5.41) is 3.37. The largest absolute Gasteiger partial charge is 0.497 e. The SMILES string of the molecule is CCNC(=NCc1ccc(S(=O)(=O)NC)cc1)N1CCN(c2ccc(OC)cc2)CC1.I. The van der Waals surface area contributed by atoms with Crippen molar-refractivity contribution in [3.05, 3.63) is 54.1 Å². The summed E-state index contributed by atoms with van der Waals surface area (Å²) in [6, 6.07) is 15.0. The zero-order valence-electron chi connectivity index (χ0n) is 18.7. The lowest BCUT2D eigenvalue weighted by Gasteiger charge is -2.37. The molecule has 1 saturated heterocycles. The number of halogens is 1. The molecule has 0 atom stereocenters. The van der Waals surface area contributed by atoms with Crippen LogP contribution in [-0.2, 0) is 16.6 Å². The van der Waals surface area contributed by atoms with Gasteiger partial charge in [0.25, 0.3) is 0 Å². The van der Waals surface area contributed by atoms with E-state index in [0.717, 1.165) is 50.0 Å². The standard InChI is InChI=1S/C22H31N5O3S.HI/c1-4-24-22(25-17-18-5-11-21(12-6-18)31(28,29)23-2)27-15-13-26(14-16-27)19-7-9-20(30-3)10-8-19;/h5-12,23H,4,13-17H2,1-3H3,(H,24,25);1H. The molecule has 0 saturated carbocycles. The maximum atomic E-state index is 11.9. The van der Waals surface area contributed by atoms with Crippen molar-refractivity contribution in [3.8, 4) is 5.75 Å². The molecule has 1 aliphatic rings. The molecule has 2 aromatic carbocycles. The first-order chi connectivity index (χ1) is 15.0. The number of guanidine groups is 1. The average Bonchev–Trinajstić information content (AvgIpc) is 2.82. The molecule has 0 amide bonds. The molecule has 0 radical (unpaired) electrons. The van der Waals surface area contributed by atoms with Crippen LogP contribution in [0.15, 0.2) is 58.4 Å². The minimum Gasteiger partial charge on any atom is -0.497 e. The van der Waals surface area contributed by atoms with Crippen LogP contribution in [0.5, 0.6) is 5.75 Å². The molecule has 1 heterocycles. The maximum absolute atomic E-state index is 11.9. The van der Waals surface area contributed by atoms with Crippen molar-refractivity contribution < 1.29 is 13.2 Å². The van der Waals surface area contributed by atoms with E-state index in [2.05, 4.69) is 38.9 Å². The fourth-order valence-electron chi connectivity index (χ4n) is 3.45. The van der Waals surface area contributed by atoms with E-state index >= 15 is 0 Å². The smallest absolute Gasteiger partial charge is 0.240 e. The van der Waals surface area contributed by atoms with E-state index in [0.29, 0.717) is 6.54 Å². The predicted octanol–water partition coefficient (Wildman–Crippen LogP) is 2.51. The van der Waals surface area contributed by atoms with E-state index in [1.807, 2.05) is 12.1 Å². The van der Waals surface area contributed by atoms with Crippen LogP contribution in [0.1, 0.15) is 12.5 Å². The number of nitrogens with zero attached hydrogens (tertiary/aromatic N) is 3. The molecule has 3 rings (SSSR count). The summed E-state index contributed by atoms with van der Waals surface area (Å²) in [6.45, 7) is 6.90. The third kappa shape index (κ3) is 6.72. The lowest BCUT2D eigenvalue weighted by atomic mass is 10.2. The van der Waals surface area contributed by atoms with Crippen LogP contribution in [0, 0.1) is 0 Å². The molecule has 10 heteroatoms. The maximum Gasteiger partial charge on any atom is 0.240 e. The van der Waals surface area contributed by atoms with Crippen molar-refractivity contribution in [2.75, 3.05) is 51.8 Å². The summed E-state index contributed by atoms with van der Waals surface area (Å²) in [5.74, 6) is 1.74. The Kier molecular flexibility index (Phi) is 10.0. The van der Waals surface area contributed by atoms with E-state index in [1.165, 1.54) is 12.7 Å². The first-order valence-corrected chi connectivity index (χ1v) is 11.9. The van der Waals surface area contributed by atoms with E-state index in [4.69, 9.17) is 9.73 Å². The zero-order chi connectivity index (χ0) is 22.3. The second-order valence-electron chi connectivity index (χ2n) is 7.19. The Morgan fingerprint density at radius 1 is 1.03 bits per heavy atom. The van der Waals surface area contributed by atoms with Crippen LogP contribution < -0.4 is 19.7 Å². The van der Waals surface area contributed by atoms with Gasteiger partial charge in [-0.2, -0.15) is 0 Å². The van der Waals surface area contributed by atoms with Gasteiger partial charge in [-0.3, -0.25) is 0 Å². The van der Waals surface area contributed by atoms with Gasteiger partial charge in [-0.15, -0.1) is 24.0 Å². The average molecular weight is 574 g/mol. The number of piperazine rings is 1. The van der Waals surface area contributed by atoms with Crippen LogP contribution >= 0.6 is 24.0 Å². The molecule has 2 aromatic rings. The number of methoxy groups -OCH3 is 1. The lowest BCUT2D eigenvalue weighted by molar-refractivity contribution is 0.372. The fraction of sp³-hybridized carbons (Fsp3) is 0.409. The highest BCUT2D eigenvalue weighted by Crippen LogP contribution is 2.20. The first-order valence-electron chi connectivity index (χ1n) is 10.4. The summed E-state index contributed by atoms with van der Waals surface area (Å²) < 4.78 is 31.3. The van der Waals surface area contributed by atoms with E-state index in [1.54, 1.807) is 31.4 Å². The summed E-state index contributed by atoms with van der Waals surface area (Å²) in [5.41, 5.74) is 2.15. The van der Waals surface area contributed by atoms with Gasteiger partial charge in [0.15, 0.2) is 5.96 Å². The van der Waals surface area contributed by atoms with Gasteiger partial charge in [-0.1, -0.05) is 12.1 Å². The highest BCUT2D eigenvalue weighted by atomic mass is 127. The Morgan fingerprint density at radius 2 is 1.66 bits per heavy atom. The number of rotatable bonds is 7. The minimum absolute atomic E-state index is 0. The van der Waals surface area contributed by atoms with Crippen molar-refractivity contribution in [1.82, 2.24) is 14.9 Å². The molecular formula is C22H32IN5O3S. The van der Waals surface area contributed by atoms with Crippen molar-refractivity contribution in [3.63, 3.8) is 0 Å². The molecule has 0 spiro atoms. The van der Waals surface area contributed by atoms with Crippen molar-refractivity contribution in [2.45, 2.75) is 18.4 Å². The molecular weight excluding hydrogens is 541 g/mol. The molecule has 32 heavy (non-hydrogen) atoms. The molecule has 0 aliphatic carbocycles. The zero-order valence-corrected chi connectivity index (χ0v) is 21.9. The Labute approximate surface area is 208 Å². The summed E-state index contributed by atoms with van der Waals surface area (Å²) >= 11 is 0. The Morgan fingerprint density at radius 3 is 2.19 bits per heavy atom. The van der Waals surface area contributed by atoms with Crippen LogP contribution in [-0.4, -0.2) is 66.2 Å². The van der Waals surface area contributed by atoms with Gasteiger partial charge in [-0.05, 0) is 55.9 Å². The highest BCUT2D eigenvalue weighted by Gasteiger charge is 2.20. The lowest BCUT2D eigenvalue weighted by Crippen LogP contribution is -2.52. The quantitative estimate of drug-likeness (QED) is 0.301. The van der Waals surface area contributed by atoms with Crippen LogP contribution in [0.2, 0.25) is 0 Å². The number of benzene rings is 2. The summed E-state index contributed by atoms with van der Waals surface area (Å²) in [6.07, 6.45) is 0. The van der Waals surface area contributed by atoms with E-state index in [-0.39, 0.29) is 28.9 Å². The third-order valence-electron chi connectivity index (χ3n) is 5.27. The van der Waals surface area contributed by atoms with Crippen LogP contribution in [0.3, 0.4) is 0 Å². The van der Waals surface area contributed by atoms with Crippen LogP contribution in [0.25, 0.3) is 0 Å². The monoisotopic (exact) mass is 573 g/mol. The molecule has 8 nitrogen and oxygen atoms in total. The highest BCUT2D eigenvalue weighted by molar-refractivity contribution is 14.0. The van der Waals surface area contributed by atoms with Gasteiger partial charge in [0, 0.05) is 38.4 Å². The van der Waals surface area contributed by atoms with Crippen molar-refractivity contribution in [2.24, 2.45) is 4.99 Å². The molecule has 1 fully saturated rings. The number of anilines is 1. The van der Waals surface area contributed by atoms with Crippen LogP contribution in [0.4, 0.5) is 5.69 Å². The number of hydrogen-bond acceptors (Lipinski definition) is 5. The first kappa shape index (κ1) is 26.2.